The van der Waals surface area contributed by atoms with E-state index in [1.54, 1.807) is 32.0 Å². The van der Waals surface area contributed by atoms with Gasteiger partial charge in [-0.1, -0.05) is 23.2 Å². The molecule has 3 N–H and O–H groups in total. The van der Waals surface area contributed by atoms with Crippen molar-refractivity contribution in [3.63, 3.8) is 0 Å². The number of amides is 1. The molecular formula is C11H14Cl2N2O. The van der Waals surface area contributed by atoms with E-state index in [1.807, 2.05) is 0 Å². The first-order valence-electron chi connectivity index (χ1n) is 4.83. The number of anilines is 1. The molecule has 3 nitrogen and oxygen atoms in total. The fourth-order valence-corrected chi connectivity index (χ4v) is 1.26. The number of nitrogens with two attached hydrogens (primary N) is 1. The van der Waals surface area contributed by atoms with Crippen molar-refractivity contribution in [1.82, 2.24) is 0 Å². The minimum absolute atomic E-state index is 0.145. The molecule has 0 bridgehead atoms. The Labute approximate surface area is 105 Å². The summed E-state index contributed by atoms with van der Waals surface area (Å²) in [5.41, 5.74) is 5.51. The third-order valence-electron chi connectivity index (χ3n) is 2.30. The van der Waals surface area contributed by atoms with Crippen LogP contribution in [-0.2, 0) is 4.79 Å². The molecule has 0 spiro atoms. The summed E-state index contributed by atoms with van der Waals surface area (Å²) in [5.74, 6) is -0.145. The smallest absolute Gasteiger partial charge is 0.231 e. The monoisotopic (exact) mass is 260 g/mol. The molecule has 1 amide bonds. The largest absolute Gasteiger partial charge is 0.329 e. The van der Waals surface area contributed by atoms with Gasteiger partial charge in [0.25, 0.3) is 0 Å². The molecule has 5 heteroatoms. The lowest BCUT2D eigenvalue weighted by atomic mass is 9.92. The van der Waals surface area contributed by atoms with Gasteiger partial charge in [0.1, 0.15) is 0 Å². The lowest BCUT2D eigenvalue weighted by Gasteiger charge is -2.21. The van der Waals surface area contributed by atoms with Crippen LogP contribution >= 0.6 is 23.2 Å². The molecule has 1 aromatic carbocycles. The zero-order valence-corrected chi connectivity index (χ0v) is 10.7. The predicted molar refractivity (Wildman–Crippen MR) is 67.9 cm³/mol. The second kappa shape index (κ2) is 5.04. The molecule has 0 fully saturated rings. The van der Waals surface area contributed by atoms with Crippen molar-refractivity contribution < 1.29 is 4.79 Å². The van der Waals surface area contributed by atoms with Gasteiger partial charge in [0.15, 0.2) is 0 Å². The van der Waals surface area contributed by atoms with Gasteiger partial charge in [-0.3, -0.25) is 4.79 Å². The summed E-state index contributed by atoms with van der Waals surface area (Å²) in [6.45, 7) is 3.83. The Morgan fingerprint density at radius 3 is 2.50 bits per heavy atom. The van der Waals surface area contributed by atoms with E-state index in [0.717, 1.165) is 0 Å². The minimum Gasteiger partial charge on any atom is -0.329 e. The zero-order chi connectivity index (χ0) is 12.3. The number of carbonyl (C=O) groups is 1. The van der Waals surface area contributed by atoms with E-state index >= 15 is 0 Å². The Balaban J connectivity index is 2.82. The summed E-state index contributed by atoms with van der Waals surface area (Å²) < 4.78 is 0. The average Bonchev–Trinajstić information content (AvgIpc) is 2.23. The summed E-state index contributed by atoms with van der Waals surface area (Å²) in [5, 5.41) is 3.60. The molecule has 16 heavy (non-hydrogen) atoms. The highest BCUT2D eigenvalue weighted by Gasteiger charge is 2.25. The Morgan fingerprint density at radius 2 is 2.00 bits per heavy atom. The van der Waals surface area contributed by atoms with Crippen LogP contribution < -0.4 is 11.1 Å². The highest BCUT2D eigenvalue weighted by Crippen LogP contribution is 2.26. The van der Waals surface area contributed by atoms with Gasteiger partial charge in [-0.15, -0.1) is 0 Å². The van der Waals surface area contributed by atoms with Gasteiger partial charge in [-0.25, -0.2) is 0 Å². The molecule has 0 aliphatic heterocycles. The molecule has 0 aromatic heterocycles. The van der Waals surface area contributed by atoms with Crippen molar-refractivity contribution in [3.05, 3.63) is 28.2 Å². The molecule has 0 saturated carbocycles. The van der Waals surface area contributed by atoms with Crippen LogP contribution in [0.4, 0.5) is 5.69 Å². The van der Waals surface area contributed by atoms with Gasteiger partial charge in [0, 0.05) is 12.2 Å². The molecule has 0 atom stereocenters. The molecule has 1 aromatic rings. The normalized spacial score (nSPS) is 11.3. The van der Waals surface area contributed by atoms with Crippen molar-refractivity contribution in [2.75, 3.05) is 11.9 Å². The number of hydrogen-bond donors (Lipinski definition) is 2. The minimum atomic E-state index is -0.605. The van der Waals surface area contributed by atoms with Gasteiger partial charge in [0.05, 0.1) is 15.5 Å². The van der Waals surface area contributed by atoms with Gasteiger partial charge in [-0.05, 0) is 32.0 Å². The number of carbonyl (C=O) groups excluding carboxylic acids is 1. The Hall–Kier alpha value is -0.770. The number of benzene rings is 1. The molecule has 88 valence electrons. The van der Waals surface area contributed by atoms with E-state index in [2.05, 4.69) is 5.32 Å². The number of nitrogens with one attached hydrogen (secondary N) is 1. The summed E-state index contributed by atoms with van der Waals surface area (Å²) in [4.78, 5) is 11.8. The third-order valence-corrected chi connectivity index (χ3v) is 3.04. The van der Waals surface area contributed by atoms with E-state index in [9.17, 15) is 4.79 Å². The van der Waals surface area contributed by atoms with Crippen LogP contribution in [-0.4, -0.2) is 12.5 Å². The molecule has 0 unspecified atom stereocenters. The first-order chi connectivity index (χ1) is 7.36. The van der Waals surface area contributed by atoms with Gasteiger partial charge >= 0.3 is 0 Å². The van der Waals surface area contributed by atoms with E-state index in [4.69, 9.17) is 28.9 Å². The standard InChI is InChI=1S/C11H14Cl2N2O/c1-11(2,6-14)10(16)15-7-3-4-8(12)9(13)5-7/h3-5H,6,14H2,1-2H3,(H,15,16). The molecule has 0 heterocycles. The summed E-state index contributed by atoms with van der Waals surface area (Å²) >= 11 is 11.6. The van der Waals surface area contributed by atoms with Crippen LogP contribution in [0.25, 0.3) is 0 Å². The van der Waals surface area contributed by atoms with Crippen LogP contribution in [0.1, 0.15) is 13.8 Å². The molecule has 1 rings (SSSR count). The number of hydrogen-bond acceptors (Lipinski definition) is 2. The maximum absolute atomic E-state index is 11.8. The highest BCUT2D eigenvalue weighted by atomic mass is 35.5. The molecular weight excluding hydrogens is 247 g/mol. The summed E-state index contributed by atoms with van der Waals surface area (Å²) in [6.07, 6.45) is 0. The van der Waals surface area contributed by atoms with E-state index in [1.165, 1.54) is 0 Å². The molecule has 0 radical (unpaired) electrons. The molecule has 0 aliphatic rings. The first kappa shape index (κ1) is 13.3. The first-order valence-corrected chi connectivity index (χ1v) is 5.59. The van der Waals surface area contributed by atoms with Crippen molar-refractivity contribution in [3.8, 4) is 0 Å². The Kier molecular flexibility index (Phi) is 4.19. The maximum atomic E-state index is 11.8. The molecule has 0 aliphatic carbocycles. The van der Waals surface area contributed by atoms with Crippen LogP contribution in [0.3, 0.4) is 0 Å². The second-order valence-corrected chi connectivity index (χ2v) is 4.99. The highest BCUT2D eigenvalue weighted by molar-refractivity contribution is 6.42. The summed E-state index contributed by atoms with van der Waals surface area (Å²) in [7, 11) is 0. The zero-order valence-electron chi connectivity index (χ0n) is 9.18. The van der Waals surface area contributed by atoms with E-state index in [0.29, 0.717) is 15.7 Å². The fourth-order valence-electron chi connectivity index (χ4n) is 0.967. The average molecular weight is 261 g/mol. The van der Waals surface area contributed by atoms with Crippen molar-refractivity contribution in [2.24, 2.45) is 11.1 Å². The summed E-state index contributed by atoms with van der Waals surface area (Å²) in [6, 6.07) is 4.93. The fraction of sp³-hybridized carbons (Fsp3) is 0.364. The third kappa shape index (κ3) is 3.11. The molecule has 0 saturated heterocycles. The second-order valence-electron chi connectivity index (χ2n) is 4.17. The van der Waals surface area contributed by atoms with Crippen molar-refractivity contribution in [1.29, 1.82) is 0 Å². The Bertz CT molecular complexity index is 405. The van der Waals surface area contributed by atoms with Gasteiger partial charge < -0.3 is 11.1 Å². The number of halogens is 2. The van der Waals surface area contributed by atoms with E-state index in [-0.39, 0.29) is 12.5 Å². The van der Waals surface area contributed by atoms with Crippen molar-refractivity contribution >= 4 is 34.8 Å². The van der Waals surface area contributed by atoms with Crippen LogP contribution in [0, 0.1) is 5.41 Å². The lowest BCUT2D eigenvalue weighted by Crippen LogP contribution is -2.37. The van der Waals surface area contributed by atoms with Crippen molar-refractivity contribution in [2.45, 2.75) is 13.8 Å². The topological polar surface area (TPSA) is 55.1 Å². The van der Waals surface area contributed by atoms with Crippen LogP contribution in [0.2, 0.25) is 10.0 Å². The van der Waals surface area contributed by atoms with Gasteiger partial charge in [-0.2, -0.15) is 0 Å². The Morgan fingerprint density at radius 1 is 1.38 bits per heavy atom. The van der Waals surface area contributed by atoms with Gasteiger partial charge in [0.2, 0.25) is 5.91 Å². The SMILES string of the molecule is CC(C)(CN)C(=O)Nc1ccc(Cl)c(Cl)c1. The lowest BCUT2D eigenvalue weighted by molar-refractivity contribution is -0.123. The predicted octanol–water partition coefficient (Wildman–Crippen LogP) is 2.92. The maximum Gasteiger partial charge on any atom is 0.231 e. The van der Waals surface area contributed by atoms with E-state index < -0.39 is 5.41 Å². The quantitative estimate of drug-likeness (QED) is 0.878. The van der Waals surface area contributed by atoms with Crippen LogP contribution in [0.5, 0.6) is 0 Å². The van der Waals surface area contributed by atoms with Crippen LogP contribution in [0.15, 0.2) is 18.2 Å². The number of rotatable bonds is 3.